The van der Waals surface area contributed by atoms with E-state index in [-0.39, 0.29) is 11.1 Å². The van der Waals surface area contributed by atoms with Crippen LogP contribution >= 0.6 is 0 Å². The molecule has 0 aromatic heterocycles. The van der Waals surface area contributed by atoms with Crippen molar-refractivity contribution < 1.29 is 76.8 Å². The minimum Gasteiger partial charge on any atom is -0.507 e. The lowest BCUT2D eigenvalue weighted by Gasteiger charge is -2.39. The molecule has 1 heterocycles. The van der Waals surface area contributed by atoms with Crippen molar-refractivity contribution in [2.45, 2.75) is 44.6 Å². The number of aromatic hydroxyl groups is 3. The fourth-order valence-electron chi connectivity index (χ4n) is 5.57. The molecule has 1 aliphatic carbocycles. The summed E-state index contributed by atoms with van der Waals surface area (Å²) >= 11 is 0. The number of rotatable bonds is 7. The van der Waals surface area contributed by atoms with E-state index in [4.69, 9.17) is 13.7 Å². The highest BCUT2D eigenvalue weighted by atomic mass is 32.3. The van der Waals surface area contributed by atoms with Crippen LogP contribution in [-0.2, 0) is 15.1 Å². The van der Waals surface area contributed by atoms with Crippen LogP contribution in [0.5, 0.6) is 28.7 Å². The van der Waals surface area contributed by atoms with Gasteiger partial charge in [0.15, 0.2) is 17.3 Å². The Morgan fingerprint density at radius 3 is 2.15 bits per heavy atom. The van der Waals surface area contributed by atoms with Gasteiger partial charge in [0.1, 0.15) is 53.0 Å². The highest BCUT2D eigenvalue weighted by molar-refractivity contribution is 7.81. The van der Waals surface area contributed by atoms with Crippen molar-refractivity contribution in [2.75, 3.05) is 6.61 Å². The summed E-state index contributed by atoms with van der Waals surface area (Å²) in [6.45, 7) is 1.38. The number of benzene rings is 3. The molecule has 0 saturated carbocycles. The maximum absolute atomic E-state index is 13.8. The third-order valence-electron chi connectivity index (χ3n) is 7.59. The van der Waals surface area contributed by atoms with E-state index in [9.17, 15) is 63.1 Å². The Labute approximate surface area is 259 Å². The molecule has 1 aliphatic heterocycles. The van der Waals surface area contributed by atoms with E-state index in [0.29, 0.717) is 6.07 Å². The number of ketones is 3. The number of phenols is 3. The van der Waals surface area contributed by atoms with Gasteiger partial charge < -0.3 is 49.4 Å². The molecule has 8 N–H and O–H groups in total. The lowest BCUT2D eigenvalue weighted by molar-refractivity contribution is -0.277. The van der Waals surface area contributed by atoms with Gasteiger partial charge in [-0.05, 0) is 31.5 Å². The van der Waals surface area contributed by atoms with Crippen LogP contribution in [0.15, 0.2) is 30.3 Å². The molecule has 0 amide bonds. The predicted octanol–water partition coefficient (Wildman–Crippen LogP) is 0.117. The molecule has 17 heteroatoms. The third-order valence-corrected chi connectivity index (χ3v) is 7.98. The molecule has 46 heavy (non-hydrogen) atoms. The molecule has 1 fully saturated rings. The van der Waals surface area contributed by atoms with Gasteiger partial charge in [-0.25, -0.2) is 0 Å². The second-order valence-corrected chi connectivity index (χ2v) is 11.6. The molecular formula is C29H26O16S. The summed E-state index contributed by atoms with van der Waals surface area (Å²) < 4.78 is 49.1. The van der Waals surface area contributed by atoms with Gasteiger partial charge in [0, 0.05) is 22.8 Å². The summed E-state index contributed by atoms with van der Waals surface area (Å²) in [6.07, 6.45) is -9.16. The third kappa shape index (κ3) is 5.32. The normalized spacial score (nSPS) is 22.6. The second kappa shape index (κ2) is 11.6. The highest BCUT2D eigenvalue weighted by Gasteiger charge is 2.46. The van der Waals surface area contributed by atoms with Crippen LogP contribution in [0.3, 0.4) is 0 Å². The Kier molecular flexibility index (Phi) is 8.28. The quantitative estimate of drug-likeness (QED) is 0.0963. The molecule has 0 radical (unpaired) electrons. The van der Waals surface area contributed by atoms with Gasteiger partial charge in [0.05, 0.1) is 23.3 Å². The number of carbonyl (C=O) groups is 3. The fraction of sp³-hybridized carbons (Fsp3) is 0.276. The first-order valence-corrected chi connectivity index (χ1v) is 14.7. The van der Waals surface area contributed by atoms with Crippen molar-refractivity contribution in [3.63, 3.8) is 0 Å². The van der Waals surface area contributed by atoms with E-state index in [2.05, 4.69) is 0 Å². The molecule has 0 bridgehead atoms. The number of Topliss-reactive ketones (excluding diaryl/α,β-unsaturated/α-hetero) is 1. The predicted molar refractivity (Wildman–Crippen MR) is 151 cm³/mol. The zero-order chi connectivity index (χ0) is 34.0. The largest absolute Gasteiger partial charge is 0.507 e. The Bertz CT molecular complexity index is 1910. The standard InChI is InChI=1S/C29H26O16S/c1-9-6-13(33)20-22(23(34)11-4-3-5-12(32)19(11)26(20)37)17(9)21-15(45-46(40,41)42)7-14(18(10(2)31)25(21)36)43-29-28(39)27(38)24(35)16(8-30)44-29/h3-7,16,24,27-30,32-33,35-36,38-39H,8H2,1-2H3,(H,40,41,42)/t16-,24-,27+,28-,29-/m1/s1. The molecule has 16 nitrogen and oxygen atoms in total. The van der Waals surface area contributed by atoms with Gasteiger partial charge in [-0.1, -0.05) is 12.1 Å². The molecule has 0 spiro atoms. The van der Waals surface area contributed by atoms with E-state index >= 15 is 0 Å². The second-order valence-electron chi connectivity index (χ2n) is 10.5. The maximum atomic E-state index is 13.8. The zero-order valence-corrected chi connectivity index (χ0v) is 24.5. The summed E-state index contributed by atoms with van der Waals surface area (Å²) in [7, 11) is -5.44. The topological polar surface area (TPSA) is 275 Å². The average molecular weight is 663 g/mol. The smallest absolute Gasteiger partial charge is 0.446 e. The van der Waals surface area contributed by atoms with E-state index in [0.717, 1.165) is 19.1 Å². The maximum Gasteiger partial charge on any atom is 0.446 e. The minimum atomic E-state index is -5.44. The number of carbonyl (C=O) groups excluding carboxylic acids is 3. The van der Waals surface area contributed by atoms with Gasteiger partial charge in [0.2, 0.25) is 12.1 Å². The summed E-state index contributed by atoms with van der Waals surface area (Å²) in [5.41, 5.74) is -3.90. The van der Waals surface area contributed by atoms with Gasteiger partial charge in [0.25, 0.3) is 0 Å². The number of hydrogen-bond acceptors (Lipinski definition) is 15. The van der Waals surface area contributed by atoms with Crippen molar-refractivity contribution in [1.29, 1.82) is 0 Å². The lowest BCUT2D eigenvalue weighted by Crippen LogP contribution is -2.60. The summed E-state index contributed by atoms with van der Waals surface area (Å²) in [4.78, 5) is 40.3. The van der Waals surface area contributed by atoms with Crippen molar-refractivity contribution in [1.82, 2.24) is 0 Å². The van der Waals surface area contributed by atoms with Gasteiger partial charge in [-0.2, -0.15) is 8.42 Å². The number of hydrogen-bond donors (Lipinski definition) is 8. The first-order valence-electron chi connectivity index (χ1n) is 13.3. The molecule has 3 aromatic carbocycles. The first-order chi connectivity index (χ1) is 21.5. The summed E-state index contributed by atoms with van der Waals surface area (Å²) in [6, 6.07) is 5.26. The number of aryl methyl sites for hydroxylation is 1. The number of aliphatic hydroxyl groups is 4. The highest BCUT2D eigenvalue weighted by Crippen LogP contribution is 2.51. The molecule has 2 aliphatic rings. The van der Waals surface area contributed by atoms with Crippen LogP contribution in [0.1, 0.15) is 54.7 Å². The zero-order valence-electron chi connectivity index (χ0n) is 23.7. The Hall–Kier alpha value is -4.62. The van der Waals surface area contributed by atoms with Crippen molar-refractivity contribution in [3.05, 3.63) is 63.7 Å². The van der Waals surface area contributed by atoms with Crippen molar-refractivity contribution in [3.8, 4) is 39.9 Å². The molecular weight excluding hydrogens is 636 g/mol. The van der Waals surface area contributed by atoms with Crippen LogP contribution in [0.25, 0.3) is 11.1 Å². The van der Waals surface area contributed by atoms with E-state index in [1.807, 2.05) is 0 Å². The Balaban J connectivity index is 1.80. The van der Waals surface area contributed by atoms with Crippen LogP contribution in [0.2, 0.25) is 0 Å². The van der Waals surface area contributed by atoms with Crippen LogP contribution in [-0.4, -0.2) is 103 Å². The fourth-order valence-corrected chi connectivity index (χ4v) is 5.93. The van der Waals surface area contributed by atoms with Gasteiger partial charge in [-0.3, -0.25) is 18.9 Å². The molecule has 3 aromatic rings. The van der Waals surface area contributed by atoms with Crippen LogP contribution in [0, 0.1) is 6.92 Å². The summed E-state index contributed by atoms with van der Waals surface area (Å²) in [5.74, 6) is -7.07. The van der Waals surface area contributed by atoms with E-state index < -0.39 is 127 Å². The van der Waals surface area contributed by atoms with Gasteiger partial charge in [-0.15, -0.1) is 0 Å². The van der Waals surface area contributed by atoms with E-state index in [1.54, 1.807) is 0 Å². The van der Waals surface area contributed by atoms with Crippen molar-refractivity contribution in [2.24, 2.45) is 0 Å². The van der Waals surface area contributed by atoms with Crippen LogP contribution in [0.4, 0.5) is 0 Å². The average Bonchev–Trinajstić information content (AvgIpc) is 2.95. The molecule has 5 atom stereocenters. The monoisotopic (exact) mass is 662 g/mol. The number of ether oxygens (including phenoxy) is 2. The van der Waals surface area contributed by atoms with Gasteiger partial charge >= 0.3 is 10.4 Å². The number of aliphatic hydroxyl groups excluding tert-OH is 4. The Morgan fingerprint density at radius 2 is 1.54 bits per heavy atom. The number of phenolic OH excluding ortho intramolecular Hbond substituents is 3. The SMILES string of the molecule is CC(=O)c1c(O[C@@H]2O[C@H](CO)[C@@H](O)[C@H](O)[C@H]2O)cc(OS(=O)(=O)O)c(-c2c(C)cc(O)c3c2C(=O)c2cccc(O)c2C3=O)c1O. The molecule has 5 rings (SSSR count). The van der Waals surface area contributed by atoms with Crippen LogP contribution < -0.4 is 8.92 Å². The minimum absolute atomic E-state index is 0.0615. The first kappa shape index (κ1) is 32.8. The van der Waals surface area contributed by atoms with Crippen molar-refractivity contribution >= 4 is 27.7 Å². The van der Waals surface area contributed by atoms with E-state index in [1.165, 1.54) is 19.1 Å². The molecule has 1 saturated heterocycles. The molecule has 244 valence electrons. The lowest BCUT2D eigenvalue weighted by atomic mass is 9.77. The molecule has 0 unspecified atom stereocenters. The Morgan fingerprint density at radius 1 is 0.870 bits per heavy atom. The summed E-state index contributed by atoms with van der Waals surface area (Å²) in [5, 5.41) is 72.8. The number of fused-ring (bicyclic) bond motifs is 2.